The van der Waals surface area contributed by atoms with Gasteiger partial charge in [0.05, 0.1) is 7.11 Å². The lowest BCUT2D eigenvalue weighted by atomic mass is 9.84. The lowest BCUT2D eigenvalue weighted by molar-refractivity contribution is -0.144. The van der Waals surface area contributed by atoms with Crippen molar-refractivity contribution >= 4 is 11.9 Å². The number of esters is 1. The second-order valence-electron chi connectivity index (χ2n) is 5.37. The highest BCUT2D eigenvalue weighted by Crippen LogP contribution is 2.26. The Morgan fingerprint density at radius 3 is 2.42 bits per heavy atom. The summed E-state index contributed by atoms with van der Waals surface area (Å²) in [5.74, 6) is 0.0467. The summed E-state index contributed by atoms with van der Waals surface area (Å²) >= 11 is 0. The topological polar surface area (TPSA) is 67.4 Å². The lowest BCUT2D eigenvalue weighted by Crippen LogP contribution is -2.50. The number of amides is 1. The first-order valence-corrected chi connectivity index (χ1v) is 7.13. The van der Waals surface area contributed by atoms with Gasteiger partial charge in [-0.1, -0.05) is 19.3 Å². The Hall–Kier alpha value is -1.10. The Morgan fingerprint density at radius 2 is 1.89 bits per heavy atom. The molecular formula is C14H26N2O3. The molecule has 19 heavy (non-hydrogen) atoms. The standard InChI is InChI=1S/C14H26N2O3/c1-10(12-7-5-4-6-8-12)15-9-13(14(18)19-3)16-11(2)17/h10,12-13,15H,4-9H2,1-3H3,(H,16,17). The molecule has 1 aliphatic carbocycles. The van der Waals surface area contributed by atoms with Crippen LogP contribution in [0.3, 0.4) is 0 Å². The van der Waals surface area contributed by atoms with Gasteiger partial charge in [-0.25, -0.2) is 4.79 Å². The molecule has 5 nitrogen and oxygen atoms in total. The maximum atomic E-state index is 11.6. The van der Waals surface area contributed by atoms with Gasteiger partial charge in [-0.2, -0.15) is 0 Å². The van der Waals surface area contributed by atoms with Crippen LogP contribution in [0.1, 0.15) is 46.0 Å². The zero-order chi connectivity index (χ0) is 14.3. The second kappa shape index (κ2) is 8.15. The van der Waals surface area contributed by atoms with E-state index in [1.165, 1.54) is 46.1 Å². The zero-order valence-corrected chi connectivity index (χ0v) is 12.2. The van der Waals surface area contributed by atoms with Crippen LogP contribution in [0.25, 0.3) is 0 Å². The summed E-state index contributed by atoms with van der Waals surface area (Å²) in [6.45, 7) is 3.97. The first kappa shape index (κ1) is 16.0. The van der Waals surface area contributed by atoms with Crippen LogP contribution < -0.4 is 10.6 Å². The minimum absolute atomic E-state index is 0.220. The summed E-state index contributed by atoms with van der Waals surface area (Å²) in [7, 11) is 1.34. The van der Waals surface area contributed by atoms with Crippen LogP contribution in [0.4, 0.5) is 0 Å². The molecule has 0 saturated heterocycles. The Morgan fingerprint density at radius 1 is 1.26 bits per heavy atom. The molecule has 0 aliphatic heterocycles. The second-order valence-corrected chi connectivity index (χ2v) is 5.37. The van der Waals surface area contributed by atoms with Crippen molar-refractivity contribution in [1.29, 1.82) is 0 Å². The van der Waals surface area contributed by atoms with E-state index in [0.29, 0.717) is 18.5 Å². The molecular weight excluding hydrogens is 244 g/mol. The third kappa shape index (κ3) is 5.59. The molecule has 1 aliphatic rings. The van der Waals surface area contributed by atoms with Crippen LogP contribution >= 0.6 is 0 Å². The van der Waals surface area contributed by atoms with Crippen molar-refractivity contribution in [3.05, 3.63) is 0 Å². The summed E-state index contributed by atoms with van der Waals surface area (Å²) in [6, 6.07) is -0.241. The number of ether oxygens (including phenoxy) is 1. The third-order valence-electron chi connectivity index (χ3n) is 3.86. The van der Waals surface area contributed by atoms with Crippen LogP contribution in [0, 0.1) is 5.92 Å². The van der Waals surface area contributed by atoms with Gasteiger partial charge in [0.25, 0.3) is 0 Å². The number of nitrogens with one attached hydrogen (secondary N) is 2. The maximum Gasteiger partial charge on any atom is 0.329 e. The molecule has 0 spiro atoms. The molecule has 2 unspecified atom stereocenters. The van der Waals surface area contributed by atoms with E-state index < -0.39 is 12.0 Å². The van der Waals surface area contributed by atoms with Gasteiger partial charge in [0, 0.05) is 19.5 Å². The lowest BCUT2D eigenvalue weighted by Gasteiger charge is -2.29. The summed E-state index contributed by atoms with van der Waals surface area (Å²) in [6.07, 6.45) is 6.42. The number of carbonyl (C=O) groups is 2. The van der Waals surface area contributed by atoms with Gasteiger partial charge in [0.15, 0.2) is 0 Å². The van der Waals surface area contributed by atoms with Crippen LogP contribution in [0.15, 0.2) is 0 Å². The number of methoxy groups -OCH3 is 1. The molecule has 0 bridgehead atoms. The van der Waals surface area contributed by atoms with Gasteiger partial charge in [-0.15, -0.1) is 0 Å². The highest BCUT2D eigenvalue weighted by atomic mass is 16.5. The molecule has 2 atom stereocenters. The number of hydrogen-bond donors (Lipinski definition) is 2. The number of carbonyl (C=O) groups excluding carboxylic acids is 2. The minimum atomic E-state index is -0.603. The van der Waals surface area contributed by atoms with E-state index in [2.05, 4.69) is 17.6 Å². The molecule has 0 radical (unpaired) electrons. The smallest absolute Gasteiger partial charge is 0.329 e. The zero-order valence-electron chi connectivity index (χ0n) is 12.2. The molecule has 1 rings (SSSR count). The van der Waals surface area contributed by atoms with E-state index in [0.717, 1.165) is 0 Å². The van der Waals surface area contributed by atoms with Gasteiger partial charge in [-0.05, 0) is 25.7 Å². The minimum Gasteiger partial charge on any atom is -0.467 e. The van der Waals surface area contributed by atoms with Gasteiger partial charge < -0.3 is 15.4 Å². The monoisotopic (exact) mass is 270 g/mol. The van der Waals surface area contributed by atoms with Gasteiger partial charge in [0.2, 0.25) is 5.91 Å². The van der Waals surface area contributed by atoms with Gasteiger partial charge in [0.1, 0.15) is 6.04 Å². The summed E-state index contributed by atoms with van der Waals surface area (Å²) in [4.78, 5) is 22.6. The number of rotatable bonds is 6. The van der Waals surface area contributed by atoms with E-state index in [9.17, 15) is 9.59 Å². The maximum absolute atomic E-state index is 11.6. The van der Waals surface area contributed by atoms with Crippen LogP contribution in [-0.4, -0.2) is 37.6 Å². The van der Waals surface area contributed by atoms with E-state index in [-0.39, 0.29) is 5.91 Å². The molecule has 2 N–H and O–H groups in total. The first-order valence-electron chi connectivity index (χ1n) is 7.13. The highest BCUT2D eigenvalue weighted by molar-refractivity contribution is 5.83. The van der Waals surface area contributed by atoms with E-state index in [1.54, 1.807) is 0 Å². The molecule has 110 valence electrons. The average molecular weight is 270 g/mol. The molecule has 1 fully saturated rings. The molecule has 5 heteroatoms. The fourth-order valence-electron chi connectivity index (χ4n) is 2.69. The molecule has 0 aromatic rings. The molecule has 0 heterocycles. The predicted molar refractivity (Wildman–Crippen MR) is 73.7 cm³/mol. The number of hydrogen-bond acceptors (Lipinski definition) is 4. The fourth-order valence-corrected chi connectivity index (χ4v) is 2.69. The fraction of sp³-hybridized carbons (Fsp3) is 0.857. The SMILES string of the molecule is COC(=O)C(CNC(C)C1CCCCC1)NC(C)=O. The quantitative estimate of drug-likeness (QED) is 0.712. The van der Waals surface area contributed by atoms with Crippen molar-refractivity contribution < 1.29 is 14.3 Å². The molecule has 0 aromatic heterocycles. The summed E-state index contributed by atoms with van der Waals surface area (Å²) < 4.78 is 4.70. The van der Waals surface area contributed by atoms with Gasteiger partial charge in [-0.3, -0.25) is 4.79 Å². The highest BCUT2D eigenvalue weighted by Gasteiger charge is 2.24. The molecule has 0 aromatic carbocycles. The third-order valence-corrected chi connectivity index (χ3v) is 3.86. The Kier molecular flexibility index (Phi) is 6.84. The average Bonchev–Trinajstić information content (AvgIpc) is 2.42. The Bertz CT molecular complexity index is 301. The summed E-state index contributed by atoms with van der Waals surface area (Å²) in [5, 5.41) is 5.97. The van der Waals surface area contributed by atoms with E-state index in [1.807, 2.05) is 0 Å². The Balaban J connectivity index is 2.41. The van der Waals surface area contributed by atoms with Crippen molar-refractivity contribution in [3.63, 3.8) is 0 Å². The van der Waals surface area contributed by atoms with Crippen LogP contribution in [-0.2, 0) is 14.3 Å². The van der Waals surface area contributed by atoms with Crippen molar-refractivity contribution in [2.45, 2.75) is 58.0 Å². The largest absolute Gasteiger partial charge is 0.467 e. The van der Waals surface area contributed by atoms with Crippen molar-refractivity contribution in [1.82, 2.24) is 10.6 Å². The van der Waals surface area contributed by atoms with Crippen molar-refractivity contribution in [2.75, 3.05) is 13.7 Å². The summed E-state index contributed by atoms with van der Waals surface area (Å²) in [5.41, 5.74) is 0. The van der Waals surface area contributed by atoms with Gasteiger partial charge >= 0.3 is 5.97 Å². The van der Waals surface area contributed by atoms with Crippen LogP contribution in [0.2, 0.25) is 0 Å². The van der Waals surface area contributed by atoms with Crippen molar-refractivity contribution in [2.24, 2.45) is 5.92 Å². The normalized spacial score (nSPS) is 19.5. The Labute approximate surface area is 115 Å². The first-order chi connectivity index (χ1) is 9.04. The van der Waals surface area contributed by atoms with E-state index >= 15 is 0 Å². The van der Waals surface area contributed by atoms with Crippen LogP contribution in [0.5, 0.6) is 0 Å². The van der Waals surface area contributed by atoms with Crippen molar-refractivity contribution in [3.8, 4) is 0 Å². The molecule has 1 amide bonds. The predicted octanol–water partition coefficient (Wildman–Crippen LogP) is 1.22. The molecule has 1 saturated carbocycles. The van der Waals surface area contributed by atoms with E-state index in [4.69, 9.17) is 4.74 Å².